The third-order valence-electron chi connectivity index (χ3n) is 7.08. The van der Waals surface area contributed by atoms with Crippen molar-refractivity contribution in [3.05, 3.63) is 162 Å². The number of anilines is 3. The Bertz CT molecular complexity index is 1760. The number of carbonyl (C=O) groups is 2. The van der Waals surface area contributed by atoms with Crippen LogP contribution in [0.2, 0.25) is 0 Å². The summed E-state index contributed by atoms with van der Waals surface area (Å²) in [5.41, 5.74) is 5.31. The van der Waals surface area contributed by atoms with Gasteiger partial charge in [-0.3, -0.25) is 14.5 Å². The number of ether oxygens (including phenoxy) is 1. The van der Waals surface area contributed by atoms with Gasteiger partial charge in [0.2, 0.25) is 0 Å². The second kappa shape index (κ2) is 12.4. The van der Waals surface area contributed by atoms with Crippen LogP contribution in [-0.4, -0.2) is 29.2 Å². The highest BCUT2D eigenvalue weighted by molar-refractivity contribution is 6.14. The first-order valence-corrected chi connectivity index (χ1v) is 14.1. The van der Waals surface area contributed by atoms with Gasteiger partial charge in [0.15, 0.2) is 11.5 Å². The highest BCUT2D eigenvalue weighted by atomic mass is 16.5. The van der Waals surface area contributed by atoms with Crippen molar-refractivity contribution in [2.45, 2.75) is 6.92 Å². The molecule has 43 heavy (non-hydrogen) atoms. The first kappa shape index (κ1) is 27.4. The Kier molecular flexibility index (Phi) is 7.91. The molecule has 0 radical (unpaired) electrons. The summed E-state index contributed by atoms with van der Waals surface area (Å²) in [6.07, 6.45) is 1.72. The SMILES string of the molecule is CCN1C(=O)C(=Cc2ccc(N(c3ccccc3)c3ccccc3)cc2)OC1=Nc1ccccc1C(=O)c1ccccc1. The van der Waals surface area contributed by atoms with Crippen molar-refractivity contribution in [1.82, 2.24) is 4.90 Å². The third kappa shape index (κ3) is 5.85. The third-order valence-corrected chi connectivity index (χ3v) is 7.08. The van der Waals surface area contributed by atoms with Crippen molar-refractivity contribution >= 4 is 46.5 Å². The number of amides is 1. The van der Waals surface area contributed by atoms with Crippen LogP contribution in [-0.2, 0) is 9.53 Å². The maximum atomic E-state index is 13.3. The molecule has 1 aliphatic heterocycles. The standard InChI is InChI=1S/C37H29N3O3/c1-2-39-36(42)34(43-37(39)38-33-21-13-12-20-32(33)35(41)28-14-6-3-7-15-28)26-27-22-24-31(25-23-27)40(29-16-8-4-9-17-29)30-18-10-5-11-19-30/h3-26H,2H2,1H3. The van der Waals surface area contributed by atoms with Gasteiger partial charge in [0.25, 0.3) is 5.91 Å². The molecule has 0 atom stereocenters. The molecule has 6 nitrogen and oxygen atoms in total. The van der Waals surface area contributed by atoms with Gasteiger partial charge >= 0.3 is 6.02 Å². The van der Waals surface area contributed by atoms with Crippen LogP contribution >= 0.6 is 0 Å². The fourth-order valence-corrected chi connectivity index (χ4v) is 4.95. The predicted octanol–water partition coefficient (Wildman–Crippen LogP) is 8.29. The predicted molar refractivity (Wildman–Crippen MR) is 171 cm³/mol. The normalized spacial score (nSPS) is 14.6. The molecular weight excluding hydrogens is 534 g/mol. The van der Waals surface area contributed by atoms with Crippen LogP contribution in [0.15, 0.2) is 150 Å². The van der Waals surface area contributed by atoms with Crippen LogP contribution in [0.4, 0.5) is 22.7 Å². The number of rotatable bonds is 8. The molecule has 1 saturated heterocycles. The minimum Gasteiger partial charge on any atom is -0.419 e. The fraction of sp³-hybridized carbons (Fsp3) is 0.0541. The van der Waals surface area contributed by atoms with E-state index in [0.717, 1.165) is 22.6 Å². The molecule has 1 aliphatic rings. The summed E-state index contributed by atoms with van der Waals surface area (Å²) in [4.78, 5) is 34.8. The van der Waals surface area contributed by atoms with Crippen molar-refractivity contribution < 1.29 is 14.3 Å². The first-order chi connectivity index (χ1) is 21.1. The maximum absolute atomic E-state index is 13.3. The van der Waals surface area contributed by atoms with Crippen LogP contribution in [0, 0.1) is 0 Å². The molecule has 5 aromatic carbocycles. The molecule has 1 fully saturated rings. The molecule has 0 saturated carbocycles. The van der Waals surface area contributed by atoms with E-state index in [4.69, 9.17) is 4.74 Å². The Hall–Kier alpha value is -5.75. The number of nitrogens with zero attached hydrogens (tertiary/aromatic N) is 3. The van der Waals surface area contributed by atoms with E-state index >= 15 is 0 Å². The van der Waals surface area contributed by atoms with E-state index in [2.05, 4.69) is 34.2 Å². The minimum atomic E-state index is -0.285. The van der Waals surface area contributed by atoms with Crippen LogP contribution in [0.25, 0.3) is 6.08 Å². The van der Waals surface area contributed by atoms with Crippen LogP contribution in [0.5, 0.6) is 0 Å². The number of aliphatic imine (C=N–C) groups is 1. The molecule has 0 aliphatic carbocycles. The molecule has 0 aromatic heterocycles. The highest BCUT2D eigenvalue weighted by Crippen LogP contribution is 2.34. The van der Waals surface area contributed by atoms with Crippen LogP contribution in [0.1, 0.15) is 28.4 Å². The van der Waals surface area contributed by atoms with E-state index in [-0.39, 0.29) is 23.5 Å². The van der Waals surface area contributed by atoms with Crippen LogP contribution in [0.3, 0.4) is 0 Å². The Morgan fingerprint density at radius 1 is 0.721 bits per heavy atom. The number of ketones is 1. The zero-order chi connectivity index (χ0) is 29.6. The van der Waals surface area contributed by atoms with Crippen molar-refractivity contribution in [1.29, 1.82) is 0 Å². The second-order valence-corrected chi connectivity index (χ2v) is 9.86. The number of hydrogen-bond acceptors (Lipinski definition) is 5. The molecule has 6 rings (SSSR count). The molecule has 6 heteroatoms. The summed E-state index contributed by atoms with van der Waals surface area (Å²) >= 11 is 0. The summed E-state index contributed by atoms with van der Waals surface area (Å²) in [6, 6.07) is 44.6. The van der Waals surface area contributed by atoms with E-state index < -0.39 is 0 Å². The zero-order valence-corrected chi connectivity index (χ0v) is 23.6. The largest absolute Gasteiger partial charge is 0.419 e. The van der Waals surface area contributed by atoms with E-state index in [1.54, 1.807) is 42.5 Å². The number of para-hydroxylation sites is 3. The van der Waals surface area contributed by atoms with Crippen molar-refractivity contribution in [3.63, 3.8) is 0 Å². The number of benzene rings is 5. The van der Waals surface area contributed by atoms with Crippen molar-refractivity contribution in [2.75, 3.05) is 11.4 Å². The van der Waals surface area contributed by atoms with Gasteiger partial charge in [-0.25, -0.2) is 0 Å². The van der Waals surface area contributed by atoms with E-state index in [0.29, 0.717) is 23.4 Å². The monoisotopic (exact) mass is 563 g/mol. The second-order valence-electron chi connectivity index (χ2n) is 9.86. The average molecular weight is 564 g/mol. The molecule has 1 heterocycles. The Morgan fingerprint density at radius 3 is 1.86 bits per heavy atom. The van der Waals surface area contributed by atoms with Gasteiger partial charge in [-0.2, -0.15) is 4.99 Å². The summed E-state index contributed by atoms with van der Waals surface area (Å²) in [7, 11) is 0. The molecule has 210 valence electrons. The Morgan fingerprint density at radius 2 is 1.26 bits per heavy atom. The lowest BCUT2D eigenvalue weighted by Crippen LogP contribution is -2.29. The number of amidine groups is 1. The lowest BCUT2D eigenvalue weighted by Gasteiger charge is -2.25. The van der Waals surface area contributed by atoms with Gasteiger partial charge in [0.1, 0.15) is 0 Å². The van der Waals surface area contributed by atoms with E-state index in [1.807, 2.05) is 85.8 Å². The lowest BCUT2D eigenvalue weighted by molar-refractivity contribution is -0.122. The van der Waals surface area contributed by atoms with Gasteiger partial charge in [-0.1, -0.05) is 91.0 Å². The fourth-order valence-electron chi connectivity index (χ4n) is 4.95. The molecule has 0 unspecified atom stereocenters. The average Bonchev–Trinajstić information content (AvgIpc) is 3.36. The van der Waals surface area contributed by atoms with Gasteiger partial charge in [-0.15, -0.1) is 0 Å². The molecule has 0 bridgehead atoms. The summed E-state index contributed by atoms with van der Waals surface area (Å²) in [5, 5.41) is 0. The van der Waals surface area contributed by atoms with Crippen LogP contribution < -0.4 is 4.90 Å². The van der Waals surface area contributed by atoms with E-state index in [1.165, 1.54) is 4.90 Å². The molecule has 0 spiro atoms. The Balaban J connectivity index is 1.29. The Labute approximate surface area is 250 Å². The quantitative estimate of drug-likeness (QED) is 0.141. The molecule has 1 amide bonds. The van der Waals surface area contributed by atoms with Crippen molar-refractivity contribution in [2.24, 2.45) is 4.99 Å². The van der Waals surface area contributed by atoms with Gasteiger partial charge in [0.05, 0.1) is 5.69 Å². The molecular formula is C37H29N3O3. The van der Waals surface area contributed by atoms with Crippen molar-refractivity contribution in [3.8, 4) is 0 Å². The van der Waals surface area contributed by atoms with E-state index in [9.17, 15) is 9.59 Å². The molecule has 5 aromatic rings. The number of hydrogen-bond donors (Lipinski definition) is 0. The summed E-state index contributed by atoms with van der Waals surface area (Å²) in [6.45, 7) is 2.23. The summed E-state index contributed by atoms with van der Waals surface area (Å²) < 4.78 is 6.01. The number of carbonyl (C=O) groups excluding carboxylic acids is 2. The summed E-state index contributed by atoms with van der Waals surface area (Å²) in [5.74, 6) is -0.264. The zero-order valence-electron chi connectivity index (χ0n) is 23.6. The minimum absolute atomic E-state index is 0.142. The number of likely N-dealkylation sites (N-methyl/N-ethyl adjacent to an activating group) is 1. The first-order valence-electron chi connectivity index (χ1n) is 14.1. The highest BCUT2D eigenvalue weighted by Gasteiger charge is 2.34. The van der Waals surface area contributed by atoms with Gasteiger partial charge in [0, 0.05) is 34.7 Å². The lowest BCUT2D eigenvalue weighted by atomic mass is 10.0. The molecule has 0 N–H and O–H groups in total. The van der Waals surface area contributed by atoms with Gasteiger partial charge < -0.3 is 9.64 Å². The smallest absolute Gasteiger partial charge is 0.305 e. The maximum Gasteiger partial charge on any atom is 0.305 e. The van der Waals surface area contributed by atoms with Gasteiger partial charge in [-0.05, 0) is 67.1 Å². The topological polar surface area (TPSA) is 62.2 Å².